The number of nitrogens with zero attached hydrogens (tertiary/aromatic N) is 2. The molecule has 102 valence electrons. The zero-order valence-corrected chi connectivity index (χ0v) is 12.9. The van der Waals surface area contributed by atoms with Crippen LogP contribution in [0.3, 0.4) is 0 Å². The molecule has 1 aliphatic heterocycles. The van der Waals surface area contributed by atoms with Crippen molar-refractivity contribution in [2.45, 2.75) is 32.2 Å². The number of halogens is 1. The molecule has 1 atom stereocenters. The molecule has 0 radical (unpaired) electrons. The van der Waals surface area contributed by atoms with E-state index < -0.39 is 0 Å². The minimum Gasteiger partial charge on any atom is -0.367 e. The first-order valence-electron chi connectivity index (χ1n) is 6.93. The molecule has 0 amide bonds. The Morgan fingerprint density at radius 2 is 2.37 bits per heavy atom. The van der Waals surface area contributed by atoms with Crippen molar-refractivity contribution in [3.8, 4) is 6.07 Å². The number of piperidine rings is 1. The summed E-state index contributed by atoms with van der Waals surface area (Å²) in [6.07, 6.45) is 3.61. The van der Waals surface area contributed by atoms with E-state index in [4.69, 9.17) is 5.26 Å². The molecule has 1 heterocycles. The number of rotatable bonds is 4. The second-order valence-corrected chi connectivity index (χ2v) is 5.82. The van der Waals surface area contributed by atoms with Crippen molar-refractivity contribution in [2.75, 3.05) is 24.5 Å². The molecule has 19 heavy (non-hydrogen) atoms. The van der Waals surface area contributed by atoms with Crippen molar-refractivity contribution in [1.29, 1.82) is 5.26 Å². The highest BCUT2D eigenvalue weighted by Crippen LogP contribution is 2.26. The van der Waals surface area contributed by atoms with Gasteiger partial charge in [-0.1, -0.05) is 6.92 Å². The van der Waals surface area contributed by atoms with E-state index in [1.165, 1.54) is 18.5 Å². The van der Waals surface area contributed by atoms with Gasteiger partial charge in [-0.2, -0.15) is 5.26 Å². The summed E-state index contributed by atoms with van der Waals surface area (Å²) in [5.41, 5.74) is 1.91. The smallest absolute Gasteiger partial charge is 0.100 e. The van der Waals surface area contributed by atoms with Gasteiger partial charge in [0.2, 0.25) is 0 Å². The largest absolute Gasteiger partial charge is 0.367 e. The Kier molecular flexibility index (Phi) is 5.24. The van der Waals surface area contributed by atoms with E-state index in [2.05, 4.69) is 51.3 Å². The van der Waals surface area contributed by atoms with Crippen LogP contribution in [0.25, 0.3) is 0 Å². The van der Waals surface area contributed by atoms with Crippen LogP contribution in [0.5, 0.6) is 0 Å². The molecule has 1 aliphatic rings. The Labute approximate surface area is 123 Å². The number of nitrogens with one attached hydrogen (secondary N) is 1. The minimum absolute atomic E-state index is 0.563. The standard InChI is InChI=1S/C15H20BrN3/c1-2-8-19(14-4-3-7-18-11-14)13-6-5-12(10-17)15(16)9-13/h5-6,9,14,18H,2-4,7-8,11H2,1H3. The Hall–Kier alpha value is -1.05. The van der Waals surface area contributed by atoms with Crippen LogP contribution in [0.1, 0.15) is 31.7 Å². The van der Waals surface area contributed by atoms with Crippen LogP contribution in [-0.2, 0) is 0 Å². The first-order valence-corrected chi connectivity index (χ1v) is 7.72. The van der Waals surface area contributed by atoms with Gasteiger partial charge >= 0.3 is 0 Å². The summed E-state index contributed by atoms with van der Waals surface area (Å²) in [4.78, 5) is 2.47. The number of anilines is 1. The lowest BCUT2D eigenvalue weighted by Gasteiger charge is -2.36. The maximum atomic E-state index is 9.00. The fourth-order valence-electron chi connectivity index (χ4n) is 2.64. The molecule has 1 aromatic carbocycles. The van der Waals surface area contributed by atoms with Crippen molar-refractivity contribution < 1.29 is 0 Å². The molecular formula is C15H20BrN3. The number of hydrogen-bond donors (Lipinski definition) is 1. The van der Waals surface area contributed by atoms with Gasteiger partial charge in [0.1, 0.15) is 6.07 Å². The van der Waals surface area contributed by atoms with Crippen LogP contribution in [0.2, 0.25) is 0 Å². The zero-order chi connectivity index (χ0) is 13.7. The van der Waals surface area contributed by atoms with Crippen molar-refractivity contribution in [1.82, 2.24) is 5.32 Å². The fraction of sp³-hybridized carbons (Fsp3) is 0.533. The maximum absolute atomic E-state index is 9.00. The van der Waals surface area contributed by atoms with Crippen LogP contribution in [0.4, 0.5) is 5.69 Å². The molecule has 1 N–H and O–H groups in total. The summed E-state index contributed by atoms with van der Waals surface area (Å²) >= 11 is 3.49. The molecule has 2 rings (SSSR count). The average molecular weight is 322 g/mol. The predicted molar refractivity (Wildman–Crippen MR) is 82.4 cm³/mol. The fourth-order valence-corrected chi connectivity index (χ4v) is 3.09. The highest BCUT2D eigenvalue weighted by atomic mass is 79.9. The van der Waals surface area contributed by atoms with Gasteiger partial charge in [0.05, 0.1) is 5.56 Å². The van der Waals surface area contributed by atoms with E-state index in [0.29, 0.717) is 11.6 Å². The van der Waals surface area contributed by atoms with Gasteiger partial charge in [0.15, 0.2) is 0 Å². The van der Waals surface area contributed by atoms with Crippen LogP contribution < -0.4 is 10.2 Å². The zero-order valence-electron chi connectivity index (χ0n) is 11.3. The van der Waals surface area contributed by atoms with E-state index >= 15 is 0 Å². The van der Waals surface area contributed by atoms with Gasteiger partial charge in [0, 0.05) is 29.3 Å². The summed E-state index contributed by atoms with van der Waals surface area (Å²) in [7, 11) is 0. The van der Waals surface area contributed by atoms with Gasteiger partial charge in [-0.25, -0.2) is 0 Å². The Morgan fingerprint density at radius 3 is 2.95 bits per heavy atom. The Morgan fingerprint density at radius 1 is 1.53 bits per heavy atom. The van der Waals surface area contributed by atoms with E-state index in [9.17, 15) is 0 Å². The molecule has 1 aromatic rings. The van der Waals surface area contributed by atoms with E-state index in [1.54, 1.807) is 0 Å². The molecule has 0 saturated carbocycles. The summed E-state index contributed by atoms with van der Waals surface area (Å²) in [5, 5.41) is 12.5. The lowest BCUT2D eigenvalue weighted by atomic mass is 10.0. The molecule has 1 unspecified atom stereocenters. The second kappa shape index (κ2) is 6.93. The van der Waals surface area contributed by atoms with Gasteiger partial charge in [0.25, 0.3) is 0 Å². The second-order valence-electron chi connectivity index (χ2n) is 4.97. The van der Waals surface area contributed by atoms with Crippen LogP contribution in [0.15, 0.2) is 22.7 Å². The monoisotopic (exact) mass is 321 g/mol. The molecule has 1 saturated heterocycles. The van der Waals surface area contributed by atoms with Crippen LogP contribution in [0, 0.1) is 11.3 Å². The molecule has 0 bridgehead atoms. The third kappa shape index (κ3) is 3.49. The highest BCUT2D eigenvalue weighted by Gasteiger charge is 2.21. The summed E-state index contributed by atoms with van der Waals surface area (Å²) in [6.45, 7) is 5.46. The molecule has 3 nitrogen and oxygen atoms in total. The molecule has 1 fully saturated rings. The number of benzene rings is 1. The number of hydrogen-bond acceptors (Lipinski definition) is 3. The van der Waals surface area contributed by atoms with E-state index in [1.807, 2.05) is 6.07 Å². The Balaban J connectivity index is 2.22. The third-order valence-electron chi connectivity index (χ3n) is 3.58. The lowest BCUT2D eigenvalue weighted by molar-refractivity contribution is 0.431. The van der Waals surface area contributed by atoms with E-state index in [0.717, 1.165) is 30.5 Å². The van der Waals surface area contributed by atoms with Crippen molar-refractivity contribution in [3.63, 3.8) is 0 Å². The molecule has 0 spiro atoms. The average Bonchev–Trinajstić information content (AvgIpc) is 2.45. The Bertz CT molecular complexity index is 461. The van der Waals surface area contributed by atoms with Crippen molar-refractivity contribution in [2.24, 2.45) is 0 Å². The van der Waals surface area contributed by atoms with Gasteiger partial charge in [-0.05, 0) is 59.9 Å². The predicted octanol–water partition coefficient (Wildman–Crippen LogP) is 3.29. The van der Waals surface area contributed by atoms with Gasteiger partial charge in [-0.15, -0.1) is 0 Å². The molecule has 0 aliphatic carbocycles. The summed E-state index contributed by atoms with van der Waals surface area (Å²) < 4.78 is 0.886. The molecular weight excluding hydrogens is 302 g/mol. The first kappa shape index (κ1) is 14.4. The third-order valence-corrected chi connectivity index (χ3v) is 4.24. The lowest BCUT2D eigenvalue weighted by Crippen LogP contribution is -2.46. The van der Waals surface area contributed by atoms with Crippen LogP contribution >= 0.6 is 15.9 Å². The molecule has 0 aromatic heterocycles. The quantitative estimate of drug-likeness (QED) is 0.924. The van der Waals surface area contributed by atoms with E-state index in [-0.39, 0.29) is 0 Å². The SMILES string of the molecule is CCCN(c1ccc(C#N)c(Br)c1)C1CCCNC1. The highest BCUT2D eigenvalue weighted by molar-refractivity contribution is 9.10. The maximum Gasteiger partial charge on any atom is 0.100 e. The summed E-state index contributed by atoms with van der Waals surface area (Å²) in [5.74, 6) is 0. The van der Waals surface area contributed by atoms with Gasteiger partial charge in [-0.3, -0.25) is 0 Å². The topological polar surface area (TPSA) is 39.1 Å². The normalized spacial score (nSPS) is 18.9. The number of nitriles is 1. The van der Waals surface area contributed by atoms with Crippen LogP contribution in [-0.4, -0.2) is 25.7 Å². The van der Waals surface area contributed by atoms with Gasteiger partial charge < -0.3 is 10.2 Å². The molecule has 4 heteroatoms. The minimum atomic E-state index is 0.563. The van der Waals surface area contributed by atoms with Crippen molar-refractivity contribution >= 4 is 21.6 Å². The first-order chi connectivity index (χ1) is 9.26. The van der Waals surface area contributed by atoms with Crippen molar-refractivity contribution in [3.05, 3.63) is 28.2 Å². The summed E-state index contributed by atoms with van der Waals surface area (Å²) in [6, 6.07) is 8.80.